The van der Waals surface area contributed by atoms with Crippen LogP contribution in [-0.2, 0) is 36.1 Å². The van der Waals surface area contributed by atoms with Gasteiger partial charge in [0.2, 0.25) is 10.0 Å². The van der Waals surface area contributed by atoms with Crippen LogP contribution in [0.2, 0.25) is 5.02 Å². The number of carbonyl (C=O) groups is 1. The van der Waals surface area contributed by atoms with E-state index in [-0.39, 0.29) is 17.3 Å². The number of fused-ring (bicyclic) bond motifs is 4. The minimum atomic E-state index is -3.97. The van der Waals surface area contributed by atoms with Crippen LogP contribution >= 0.6 is 11.6 Å². The first kappa shape index (κ1) is 41.4. The molecule has 1 spiro atoms. The van der Waals surface area contributed by atoms with Gasteiger partial charge in [0.1, 0.15) is 11.4 Å². The van der Waals surface area contributed by atoms with Gasteiger partial charge in [-0.2, -0.15) is 0 Å². The molecule has 5 aliphatic rings. The first-order valence-corrected chi connectivity index (χ1v) is 22.5. The number of halogens is 1. The van der Waals surface area contributed by atoms with Crippen molar-refractivity contribution in [2.24, 2.45) is 17.8 Å². The number of allylic oxidation sites excluding steroid dienone is 1. The number of sulfonamides is 1. The van der Waals surface area contributed by atoms with Crippen molar-refractivity contribution < 1.29 is 32.2 Å². The van der Waals surface area contributed by atoms with Gasteiger partial charge in [-0.1, -0.05) is 36.7 Å². The summed E-state index contributed by atoms with van der Waals surface area (Å²) in [5.41, 5.74) is 2.84. The van der Waals surface area contributed by atoms with E-state index in [0.29, 0.717) is 56.6 Å². The molecule has 2 aromatic rings. The number of hydrogen-bond acceptors (Lipinski definition) is 10. The third kappa shape index (κ3) is 8.82. The van der Waals surface area contributed by atoms with Crippen molar-refractivity contribution in [3.8, 4) is 5.75 Å². The van der Waals surface area contributed by atoms with Crippen LogP contribution in [0.4, 0.5) is 5.69 Å². The fraction of sp³-hybridized carbons (Fsp3) is 0.651. The van der Waals surface area contributed by atoms with Crippen LogP contribution in [0.15, 0.2) is 48.6 Å². The van der Waals surface area contributed by atoms with E-state index in [1.807, 2.05) is 32.2 Å². The lowest BCUT2D eigenvalue weighted by atomic mass is 9.63. The van der Waals surface area contributed by atoms with E-state index < -0.39 is 26.8 Å². The van der Waals surface area contributed by atoms with Crippen molar-refractivity contribution in [2.75, 3.05) is 97.9 Å². The minimum absolute atomic E-state index is 0.230. The molecule has 1 saturated carbocycles. The molecule has 0 unspecified atom stereocenters. The van der Waals surface area contributed by atoms with E-state index in [4.69, 9.17) is 30.5 Å². The number of nitrogens with zero attached hydrogens (tertiary/aromatic N) is 3. The molecule has 3 aliphatic heterocycles. The Morgan fingerprint density at radius 2 is 1.80 bits per heavy atom. The summed E-state index contributed by atoms with van der Waals surface area (Å²) in [6.07, 6.45) is 10.0. The fourth-order valence-electron chi connectivity index (χ4n) is 9.77. The number of carbonyl (C=O) groups excluding carboxylic acids is 1. The number of hydrogen-bond donors (Lipinski definition) is 1. The summed E-state index contributed by atoms with van der Waals surface area (Å²) >= 11 is 6.51. The largest absolute Gasteiger partial charge is 0.490 e. The van der Waals surface area contributed by atoms with E-state index in [2.05, 4.69) is 43.7 Å². The second-order valence-electron chi connectivity index (χ2n) is 16.9. The molecule has 0 aromatic heterocycles. The van der Waals surface area contributed by atoms with Gasteiger partial charge in [0, 0.05) is 82.6 Å². The highest BCUT2D eigenvalue weighted by molar-refractivity contribution is 7.90. The van der Waals surface area contributed by atoms with Gasteiger partial charge < -0.3 is 23.8 Å². The predicted molar refractivity (Wildman–Crippen MR) is 221 cm³/mol. The van der Waals surface area contributed by atoms with Crippen LogP contribution in [0, 0.1) is 17.8 Å². The molecule has 308 valence electrons. The van der Waals surface area contributed by atoms with E-state index >= 15 is 0 Å². The SMILES string of the molecule is COCCOCCN1CCN(C[C@]2(OC)/C=C/C[C@H](C)[C@@H](C)S(=O)(=O)NC(=O)c3ccc4c(c3)N(C[C@@H]3CC[C@H]32)C[C@@]2(CCCc3cc(Cl)ccc32)CO4)CC1. The molecule has 56 heavy (non-hydrogen) atoms. The van der Waals surface area contributed by atoms with Crippen molar-refractivity contribution >= 4 is 33.2 Å². The van der Waals surface area contributed by atoms with Crippen molar-refractivity contribution in [1.82, 2.24) is 14.5 Å². The number of anilines is 1. The van der Waals surface area contributed by atoms with Crippen LogP contribution < -0.4 is 14.4 Å². The smallest absolute Gasteiger partial charge is 0.264 e. The molecule has 3 heterocycles. The molecule has 0 radical (unpaired) electrons. The maximum Gasteiger partial charge on any atom is 0.264 e. The molecule has 2 aliphatic carbocycles. The molecule has 7 rings (SSSR count). The molecule has 1 N–H and O–H groups in total. The van der Waals surface area contributed by atoms with Crippen molar-refractivity contribution in [3.05, 3.63) is 70.3 Å². The molecular weight excluding hydrogens is 752 g/mol. The van der Waals surface area contributed by atoms with E-state index in [0.717, 1.165) is 88.6 Å². The Balaban J connectivity index is 1.21. The third-order valence-electron chi connectivity index (χ3n) is 13.5. The van der Waals surface area contributed by atoms with Crippen molar-refractivity contribution in [3.63, 3.8) is 0 Å². The number of aryl methyl sites for hydroxylation is 1. The summed E-state index contributed by atoms with van der Waals surface area (Å²) in [5, 5.41) is -0.0445. The summed E-state index contributed by atoms with van der Waals surface area (Å²) in [7, 11) is -0.432. The number of rotatable bonds is 9. The molecule has 2 fully saturated rings. The van der Waals surface area contributed by atoms with E-state index in [1.165, 1.54) is 11.1 Å². The zero-order chi connectivity index (χ0) is 39.5. The number of ether oxygens (including phenoxy) is 4. The fourth-order valence-corrected chi connectivity index (χ4v) is 11.2. The number of methoxy groups -OCH3 is 2. The van der Waals surface area contributed by atoms with Gasteiger partial charge in [0.25, 0.3) is 5.91 Å². The Morgan fingerprint density at radius 1 is 1.00 bits per heavy atom. The molecule has 1 saturated heterocycles. The Hall–Kier alpha value is -2.71. The summed E-state index contributed by atoms with van der Waals surface area (Å²) in [6.45, 7) is 13.0. The normalized spacial score (nSPS) is 31.7. The van der Waals surface area contributed by atoms with E-state index in [9.17, 15) is 13.2 Å². The third-order valence-corrected chi connectivity index (χ3v) is 15.7. The molecule has 6 atom stereocenters. The first-order chi connectivity index (χ1) is 27.0. The lowest BCUT2D eigenvalue weighted by molar-refractivity contribution is -0.0958. The highest BCUT2D eigenvalue weighted by Gasteiger charge is 2.50. The Bertz CT molecular complexity index is 1840. The zero-order valence-corrected chi connectivity index (χ0v) is 35.2. The quantitative estimate of drug-likeness (QED) is 0.256. The van der Waals surface area contributed by atoms with Crippen molar-refractivity contribution in [2.45, 2.75) is 68.6 Å². The topological polar surface area (TPSA) is 110 Å². The van der Waals surface area contributed by atoms with Crippen LogP contribution in [-0.4, -0.2) is 128 Å². The molecular formula is C43H61ClN4O7S. The molecule has 11 nitrogen and oxygen atoms in total. The molecule has 1 amide bonds. The molecule has 2 aromatic carbocycles. The summed E-state index contributed by atoms with van der Waals surface area (Å²) < 4.78 is 54.0. The summed E-state index contributed by atoms with van der Waals surface area (Å²) in [4.78, 5) is 21.1. The average molecular weight is 814 g/mol. The maximum atomic E-state index is 13.7. The average Bonchev–Trinajstić information content (AvgIpc) is 3.32. The molecule has 13 heteroatoms. The van der Waals surface area contributed by atoms with Crippen LogP contribution in [0.3, 0.4) is 0 Å². The Kier molecular flexibility index (Phi) is 13.1. The van der Waals surface area contributed by atoms with Crippen LogP contribution in [0.25, 0.3) is 0 Å². The lowest BCUT2D eigenvalue weighted by Gasteiger charge is -2.52. The van der Waals surface area contributed by atoms with Crippen LogP contribution in [0.1, 0.15) is 67.4 Å². The van der Waals surface area contributed by atoms with Gasteiger partial charge in [-0.3, -0.25) is 14.6 Å². The number of amides is 1. The minimum Gasteiger partial charge on any atom is -0.490 e. The first-order valence-electron chi connectivity index (χ1n) is 20.6. The van der Waals surface area contributed by atoms with Gasteiger partial charge in [-0.15, -0.1) is 0 Å². The standard InChI is InChI=1S/C43H61ClN4O7S/c1-31-7-5-16-43(53-4,29-47-19-17-46(18-20-47)21-22-54-24-23-52-3)38-12-9-35(38)27-48-28-42(15-6-8-33-25-36(44)11-13-37(33)42)30-55-40-14-10-34(26-39(40)48)41(49)45-56(50,51)32(31)2/h5,10-11,13-14,16,25-26,31-32,35,38H,6-9,12,15,17-24,27-30H2,1-4H3,(H,45,49)/b16-5+/t31-,32+,35-,38+,42-,43+/m0/s1. The van der Waals surface area contributed by atoms with Gasteiger partial charge in [-0.05, 0) is 105 Å². The highest BCUT2D eigenvalue weighted by atomic mass is 35.5. The molecule has 2 bridgehead atoms. The maximum absolute atomic E-state index is 13.7. The van der Waals surface area contributed by atoms with Gasteiger partial charge in [0.15, 0.2) is 0 Å². The van der Waals surface area contributed by atoms with Gasteiger partial charge >= 0.3 is 0 Å². The number of benzene rings is 2. The summed E-state index contributed by atoms with van der Waals surface area (Å²) in [5.74, 6) is 0.425. The zero-order valence-electron chi connectivity index (χ0n) is 33.6. The Labute approximate surface area is 339 Å². The Morgan fingerprint density at radius 3 is 2.55 bits per heavy atom. The monoisotopic (exact) mass is 812 g/mol. The van der Waals surface area contributed by atoms with Crippen LogP contribution in [0.5, 0.6) is 5.75 Å². The second-order valence-corrected chi connectivity index (χ2v) is 19.4. The second kappa shape index (κ2) is 17.6. The van der Waals surface area contributed by atoms with Gasteiger partial charge in [-0.25, -0.2) is 13.1 Å². The highest BCUT2D eigenvalue weighted by Crippen LogP contribution is 2.49. The van der Waals surface area contributed by atoms with E-state index in [1.54, 1.807) is 20.1 Å². The number of nitrogens with one attached hydrogen (secondary N) is 1. The number of piperazine rings is 1. The van der Waals surface area contributed by atoms with Crippen molar-refractivity contribution in [1.29, 1.82) is 0 Å². The predicted octanol–water partition coefficient (Wildman–Crippen LogP) is 5.55. The summed E-state index contributed by atoms with van der Waals surface area (Å²) in [6, 6.07) is 11.6. The lowest BCUT2D eigenvalue weighted by Crippen LogP contribution is -2.59. The van der Waals surface area contributed by atoms with Gasteiger partial charge in [0.05, 0.1) is 37.4 Å².